The number of aryl methyl sites for hydroxylation is 2. The number of hydrogen-bond acceptors (Lipinski definition) is 6. The van der Waals surface area contributed by atoms with E-state index in [9.17, 15) is 8.42 Å². The van der Waals surface area contributed by atoms with Crippen molar-refractivity contribution in [2.45, 2.75) is 18.6 Å². The molecule has 1 heterocycles. The Balaban J connectivity index is 1.57. The largest absolute Gasteiger partial charge is 0.497 e. The van der Waals surface area contributed by atoms with Crippen LogP contribution in [0.3, 0.4) is 0 Å². The normalized spacial score (nSPS) is 11.3. The Kier molecular flexibility index (Phi) is 6.30. The Labute approximate surface area is 167 Å². The molecule has 0 unspecified atom stereocenters. The molecule has 0 radical (unpaired) electrons. The molecule has 6 nitrogen and oxygen atoms in total. The lowest BCUT2D eigenvalue weighted by Crippen LogP contribution is -2.14. The van der Waals surface area contributed by atoms with Crippen molar-refractivity contribution in [3.05, 3.63) is 69.7 Å². The predicted octanol–water partition coefficient (Wildman–Crippen LogP) is 3.93. The quantitative estimate of drug-likeness (QED) is 0.593. The van der Waals surface area contributed by atoms with Gasteiger partial charge in [-0.25, -0.2) is 8.42 Å². The summed E-state index contributed by atoms with van der Waals surface area (Å²) >= 11 is 7.06. The van der Waals surface area contributed by atoms with Crippen LogP contribution in [0.25, 0.3) is 0 Å². The first-order chi connectivity index (χ1) is 12.9. The molecule has 142 valence electrons. The first-order valence-corrected chi connectivity index (χ1v) is 11.0. The molecule has 0 aliphatic rings. The van der Waals surface area contributed by atoms with E-state index < -0.39 is 10.0 Å². The summed E-state index contributed by atoms with van der Waals surface area (Å²) in [5.41, 5.74) is 1.80. The standard InChI is InChI=1S/C18H18ClN3O3S2/c1-25-16-9-4-13(5-10-16)6-11-17-20-21-18(26-17)22-27(23,24)12-14-2-7-15(19)8-3-14/h2-5,7-10H,6,11-12H2,1H3,(H,21,22). The molecule has 3 rings (SSSR count). The Morgan fingerprint density at radius 3 is 2.33 bits per heavy atom. The van der Waals surface area contributed by atoms with Crippen molar-refractivity contribution >= 4 is 38.1 Å². The molecule has 0 aliphatic carbocycles. The zero-order valence-electron chi connectivity index (χ0n) is 14.6. The van der Waals surface area contributed by atoms with Gasteiger partial charge < -0.3 is 4.74 Å². The van der Waals surface area contributed by atoms with E-state index in [1.165, 1.54) is 11.3 Å². The summed E-state index contributed by atoms with van der Waals surface area (Å²) in [4.78, 5) is 0. The van der Waals surface area contributed by atoms with Crippen LogP contribution < -0.4 is 9.46 Å². The van der Waals surface area contributed by atoms with Crippen LogP contribution >= 0.6 is 22.9 Å². The Morgan fingerprint density at radius 1 is 1.00 bits per heavy atom. The molecule has 2 aromatic carbocycles. The molecule has 0 atom stereocenters. The highest BCUT2D eigenvalue weighted by Gasteiger charge is 2.15. The maximum absolute atomic E-state index is 12.3. The first-order valence-electron chi connectivity index (χ1n) is 8.14. The second-order valence-electron chi connectivity index (χ2n) is 5.84. The summed E-state index contributed by atoms with van der Waals surface area (Å²) in [6, 6.07) is 14.5. The van der Waals surface area contributed by atoms with Gasteiger partial charge in [-0.1, -0.05) is 47.2 Å². The van der Waals surface area contributed by atoms with Crippen molar-refractivity contribution < 1.29 is 13.2 Å². The summed E-state index contributed by atoms with van der Waals surface area (Å²) in [5, 5.41) is 9.61. The summed E-state index contributed by atoms with van der Waals surface area (Å²) < 4.78 is 32.2. The van der Waals surface area contributed by atoms with Gasteiger partial charge in [-0.3, -0.25) is 4.72 Å². The first kappa shape index (κ1) is 19.6. The molecule has 0 saturated heterocycles. The predicted molar refractivity (Wildman–Crippen MR) is 108 cm³/mol. The number of hydrogen-bond donors (Lipinski definition) is 1. The fraction of sp³-hybridized carbons (Fsp3) is 0.222. The van der Waals surface area contributed by atoms with Crippen LogP contribution in [0.1, 0.15) is 16.1 Å². The number of methoxy groups -OCH3 is 1. The average molecular weight is 424 g/mol. The zero-order valence-corrected chi connectivity index (χ0v) is 16.9. The summed E-state index contributed by atoms with van der Waals surface area (Å²) in [6.07, 6.45) is 1.47. The minimum Gasteiger partial charge on any atom is -0.497 e. The van der Waals surface area contributed by atoms with Crippen LogP contribution in [-0.2, 0) is 28.6 Å². The van der Waals surface area contributed by atoms with Crippen LogP contribution in [-0.4, -0.2) is 25.7 Å². The number of halogens is 1. The molecule has 0 spiro atoms. The van der Waals surface area contributed by atoms with E-state index >= 15 is 0 Å². The molecule has 1 aromatic heterocycles. The van der Waals surface area contributed by atoms with Gasteiger partial charge in [0.2, 0.25) is 15.2 Å². The van der Waals surface area contributed by atoms with E-state index in [2.05, 4.69) is 14.9 Å². The Hall–Kier alpha value is -2.16. The highest BCUT2D eigenvalue weighted by atomic mass is 35.5. The molecule has 3 aromatic rings. The maximum atomic E-state index is 12.3. The smallest absolute Gasteiger partial charge is 0.238 e. The molecule has 0 fully saturated rings. The number of ether oxygens (including phenoxy) is 1. The number of nitrogens with one attached hydrogen (secondary N) is 1. The number of nitrogens with zero attached hydrogens (tertiary/aromatic N) is 2. The van der Waals surface area contributed by atoms with Gasteiger partial charge in [0.1, 0.15) is 10.8 Å². The fourth-order valence-electron chi connectivity index (χ4n) is 2.41. The van der Waals surface area contributed by atoms with Crippen molar-refractivity contribution in [3.8, 4) is 5.75 Å². The van der Waals surface area contributed by atoms with Crippen molar-refractivity contribution in [1.82, 2.24) is 10.2 Å². The van der Waals surface area contributed by atoms with Gasteiger partial charge in [-0.2, -0.15) is 0 Å². The second kappa shape index (κ2) is 8.69. The lowest BCUT2D eigenvalue weighted by Gasteiger charge is -2.04. The van der Waals surface area contributed by atoms with E-state index in [-0.39, 0.29) is 10.9 Å². The van der Waals surface area contributed by atoms with Crippen molar-refractivity contribution in [2.24, 2.45) is 0 Å². The molecular weight excluding hydrogens is 406 g/mol. The van der Waals surface area contributed by atoms with Gasteiger partial charge >= 0.3 is 0 Å². The average Bonchev–Trinajstić information content (AvgIpc) is 3.08. The number of anilines is 1. The molecule has 0 bridgehead atoms. The maximum Gasteiger partial charge on any atom is 0.238 e. The molecule has 9 heteroatoms. The fourth-order valence-corrected chi connectivity index (χ4v) is 4.68. The number of benzene rings is 2. The van der Waals surface area contributed by atoms with E-state index in [1.54, 1.807) is 31.4 Å². The van der Waals surface area contributed by atoms with Gasteiger partial charge in [-0.15, -0.1) is 10.2 Å². The highest BCUT2D eigenvalue weighted by Crippen LogP contribution is 2.21. The van der Waals surface area contributed by atoms with E-state index in [4.69, 9.17) is 16.3 Å². The Morgan fingerprint density at radius 2 is 1.67 bits per heavy atom. The van der Waals surface area contributed by atoms with Gasteiger partial charge in [0.05, 0.1) is 12.9 Å². The number of rotatable bonds is 8. The molecule has 1 N–H and O–H groups in total. The van der Waals surface area contributed by atoms with Gasteiger partial charge in [-0.05, 0) is 41.8 Å². The summed E-state index contributed by atoms with van der Waals surface area (Å²) in [6.45, 7) is 0. The number of sulfonamides is 1. The lowest BCUT2D eigenvalue weighted by atomic mass is 10.1. The van der Waals surface area contributed by atoms with Crippen LogP contribution in [0.15, 0.2) is 48.5 Å². The molecule has 0 aliphatic heterocycles. The molecule has 27 heavy (non-hydrogen) atoms. The van der Waals surface area contributed by atoms with E-state index in [0.29, 0.717) is 17.0 Å². The van der Waals surface area contributed by atoms with Crippen molar-refractivity contribution in [3.63, 3.8) is 0 Å². The van der Waals surface area contributed by atoms with Crippen molar-refractivity contribution in [2.75, 3.05) is 11.8 Å². The van der Waals surface area contributed by atoms with Crippen LogP contribution in [0.5, 0.6) is 5.75 Å². The lowest BCUT2D eigenvalue weighted by molar-refractivity contribution is 0.414. The Bertz CT molecular complexity index is 987. The molecular formula is C18H18ClN3O3S2. The van der Waals surface area contributed by atoms with Gasteiger partial charge in [0, 0.05) is 11.4 Å². The van der Waals surface area contributed by atoms with E-state index in [1.807, 2.05) is 24.3 Å². The SMILES string of the molecule is COc1ccc(CCc2nnc(NS(=O)(=O)Cc3ccc(Cl)cc3)s2)cc1. The van der Waals surface area contributed by atoms with Crippen LogP contribution in [0, 0.1) is 0 Å². The number of aromatic nitrogens is 2. The second-order valence-corrected chi connectivity index (χ2v) is 9.06. The van der Waals surface area contributed by atoms with Crippen molar-refractivity contribution in [1.29, 1.82) is 0 Å². The third-order valence-corrected chi connectivity index (χ3v) is 6.26. The molecule has 0 amide bonds. The summed E-state index contributed by atoms with van der Waals surface area (Å²) in [5.74, 6) is 0.664. The third kappa shape index (κ3) is 5.92. The topological polar surface area (TPSA) is 81.2 Å². The minimum atomic E-state index is -3.56. The van der Waals surface area contributed by atoms with Gasteiger partial charge in [0.25, 0.3) is 0 Å². The highest BCUT2D eigenvalue weighted by molar-refractivity contribution is 7.92. The summed E-state index contributed by atoms with van der Waals surface area (Å²) in [7, 11) is -1.93. The third-order valence-electron chi connectivity index (χ3n) is 3.77. The van der Waals surface area contributed by atoms with E-state index in [0.717, 1.165) is 22.7 Å². The minimum absolute atomic E-state index is 0.148. The van der Waals surface area contributed by atoms with Gasteiger partial charge in [0.15, 0.2) is 0 Å². The molecule has 0 saturated carbocycles. The monoisotopic (exact) mass is 423 g/mol. The van der Waals surface area contributed by atoms with Crippen LogP contribution in [0.2, 0.25) is 5.02 Å². The zero-order chi connectivity index (χ0) is 19.3. The van der Waals surface area contributed by atoms with Crippen LogP contribution in [0.4, 0.5) is 5.13 Å².